The molecule has 20 heavy (non-hydrogen) atoms. The Morgan fingerprint density at radius 3 is 2.80 bits per heavy atom. The highest BCUT2D eigenvalue weighted by Gasteiger charge is 2.16. The van der Waals surface area contributed by atoms with Gasteiger partial charge < -0.3 is 15.3 Å². The standard InChI is InChI=1S/C15H21FN2O2/c1-18-6-4-11(5-7-18)9-17-10-13-8-12(15(19)20)2-3-14(13)16/h2-3,8,11,17H,4-7,9-10H2,1H3,(H,19,20). The van der Waals surface area contributed by atoms with E-state index in [4.69, 9.17) is 5.11 Å². The van der Waals surface area contributed by atoms with Gasteiger partial charge in [-0.3, -0.25) is 0 Å². The molecule has 1 aliphatic heterocycles. The number of hydrogen-bond donors (Lipinski definition) is 2. The summed E-state index contributed by atoms with van der Waals surface area (Å²) in [7, 11) is 2.12. The van der Waals surface area contributed by atoms with Crippen molar-refractivity contribution in [2.24, 2.45) is 5.92 Å². The molecule has 1 aromatic carbocycles. The van der Waals surface area contributed by atoms with Crippen LogP contribution in [-0.2, 0) is 6.54 Å². The van der Waals surface area contributed by atoms with E-state index in [9.17, 15) is 9.18 Å². The Hall–Kier alpha value is -1.46. The molecule has 2 rings (SSSR count). The summed E-state index contributed by atoms with van der Waals surface area (Å²) in [5.41, 5.74) is 0.542. The topological polar surface area (TPSA) is 52.6 Å². The number of aromatic carboxylic acids is 1. The lowest BCUT2D eigenvalue weighted by Gasteiger charge is -2.29. The molecule has 0 radical (unpaired) electrons. The van der Waals surface area contributed by atoms with E-state index < -0.39 is 5.97 Å². The van der Waals surface area contributed by atoms with Gasteiger partial charge in [0.2, 0.25) is 0 Å². The zero-order valence-electron chi connectivity index (χ0n) is 11.7. The summed E-state index contributed by atoms with van der Waals surface area (Å²) in [6.07, 6.45) is 2.31. The lowest BCUT2D eigenvalue weighted by molar-refractivity contribution is 0.0696. The number of halogens is 1. The monoisotopic (exact) mass is 280 g/mol. The lowest BCUT2D eigenvalue weighted by atomic mass is 9.97. The summed E-state index contributed by atoms with van der Waals surface area (Å²) in [5, 5.41) is 12.1. The molecule has 0 bridgehead atoms. The van der Waals surface area contributed by atoms with Crippen LogP contribution >= 0.6 is 0 Å². The number of carboxylic acids is 1. The summed E-state index contributed by atoms with van der Waals surface area (Å²) in [5.74, 6) is -0.760. The van der Waals surface area contributed by atoms with Crippen LogP contribution in [0.5, 0.6) is 0 Å². The average molecular weight is 280 g/mol. The number of nitrogens with zero attached hydrogens (tertiary/aromatic N) is 1. The molecule has 0 aromatic heterocycles. The van der Waals surface area contributed by atoms with Crippen molar-refractivity contribution in [3.8, 4) is 0 Å². The number of rotatable bonds is 5. The normalized spacial score (nSPS) is 17.3. The highest BCUT2D eigenvalue weighted by Crippen LogP contribution is 2.15. The number of hydrogen-bond acceptors (Lipinski definition) is 3. The van der Waals surface area contributed by atoms with Crippen LogP contribution in [0.4, 0.5) is 4.39 Å². The minimum Gasteiger partial charge on any atom is -0.478 e. The predicted molar refractivity (Wildman–Crippen MR) is 75.3 cm³/mol. The Morgan fingerprint density at radius 1 is 1.45 bits per heavy atom. The van der Waals surface area contributed by atoms with E-state index in [0.29, 0.717) is 18.0 Å². The Bertz CT molecular complexity index is 471. The van der Waals surface area contributed by atoms with Gasteiger partial charge in [0, 0.05) is 12.1 Å². The number of nitrogens with one attached hydrogen (secondary N) is 1. The molecule has 0 atom stereocenters. The summed E-state index contributed by atoms with van der Waals surface area (Å²) in [4.78, 5) is 13.2. The minimum atomic E-state index is -1.03. The van der Waals surface area contributed by atoms with Gasteiger partial charge in [0.05, 0.1) is 5.56 Å². The SMILES string of the molecule is CN1CCC(CNCc2cc(C(=O)O)ccc2F)CC1. The van der Waals surface area contributed by atoms with Gasteiger partial charge in [0.25, 0.3) is 0 Å². The van der Waals surface area contributed by atoms with Crippen LogP contribution < -0.4 is 5.32 Å². The van der Waals surface area contributed by atoms with E-state index in [1.165, 1.54) is 18.2 Å². The van der Waals surface area contributed by atoms with Gasteiger partial charge in [0.1, 0.15) is 5.82 Å². The quantitative estimate of drug-likeness (QED) is 0.865. The van der Waals surface area contributed by atoms with Gasteiger partial charge >= 0.3 is 5.97 Å². The molecular formula is C15H21FN2O2. The van der Waals surface area contributed by atoms with Crippen molar-refractivity contribution in [1.82, 2.24) is 10.2 Å². The van der Waals surface area contributed by atoms with Crippen LogP contribution in [0.3, 0.4) is 0 Å². The molecule has 0 amide bonds. The second kappa shape index (κ2) is 6.81. The Morgan fingerprint density at radius 2 is 2.15 bits per heavy atom. The van der Waals surface area contributed by atoms with Gasteiger partial charge in [0.15, 0.2) is 0 Å². The number of piperidine rings is 1. The molecule has 2 N–H and O–H groups in total. The van der Waals surface area contributed by atoms with Gasteiger partial charge in [-0.25, -0.2) is 9.18 Å². The Labute approximate surface area is 118 Å². The van der Waals surface area contributed by atoms with Crippen LogP contribution in [0.1, 0.15) is 28.8 Å². The molecule has 110 valence electrons. The van der Waals surface area contributed by atoms with E-state index in [2.05, 4.69) is 17.3 Å². The number of likely N-dealkylation sites (tertiary alicyclic amines) is 1. The first-order chi connectivity index (χ1) is 9.56. The fourth-order valence-electron chi connectivity index (χ4n) is 2.52. The van der Waals surface area contributed by atoms with E-state index in [1.807, 2.05) is 0 Å². The van der Waals surface area contributed by atoms with E-state index in [0.717, 1.165) is 32.5 Å². The van der Waals surface area contributed by atoms with Gasteiger partial charge in [-0.1, -0.05) is 0 Å². The molecule has 4 nitrogen and oxygen atoms in total. The third-order valence-electron chi connectivity index (χ3n) is 3.88. The maximum atomic E-state index is 13.6. The molecule has 0 aliphatic carbocycles. The van der Waals surface area contributed by atoms with Gasteiger partial charge in [-0.15, -0.1) is 0 Å². The van der Waals surface area contributed by atoms with Crippen molar-refractivity contribution in [2.75, 3.05) is 26.7 Å². The third-order valence-corrected chi connectivity index (χ3v) is 3.88. The van der Waals surface area contributed by atoms with Crippen LogP contribution in [0.25, 0.3) is 0 Å². The zero-order chi connectivity index (χ0) is 14.5. The van der Waals surface area contributed by atoms with Crippen molar-refractivity contribution < 1.29 is 14.3 Å². The molecule has 0 saturated carbocycles. The second-order valence-electron chi connectivity index (χ2n) is 5.49. The molecule has 1 aliphatic rings. The summed E-state index contributed by atoms with van der Waals surface area (Å²) < 4.78 is 13.6. The predicted octanol–water partition coefficient (Wildman–Crippen LogP) is 1.96. The largest absolute Gasteiger partial charge is 0.478 e. The van der Waals surface area contributed by atoms with Crippen LogP contribution in [0, 0.1) is 11.7 Å². The van der Waals surface area contributed by atoms with Crippen molar-refractivity contribution in [2.45, 2.75) is 19.4 Å². The maximum Gasteiger partial charge on any atom is 0.335 e. The minimum absolute atomic E-state index is 0.127. The van der Waals surface area contributed by atoms with Crippen LogP contribution in [-0.4, -0.2) is 42.7 Å². The van der Waals surface area contributed by atoms with Crippen molar-refractivity contribution in [3.63, 3.8) is 0 Å². The Kier molecular flexibility index (Phi) is 5.09. The summed E-state index contributed by atoms with van der Waals surface area (Å²) in [6, 6.07) is 3.91. The fourth-order valence-corrected chi connectivity index (χ4v) is 2.52. The van der Waals surface area contributed by atoms with Crippen molar-refractivity contribution >= 4 is 5.97 Å². The van der Waals surface area contributed by atoms with E-state index >= 15 is 0 Å². The third kappa shape index (κ3) is 4.02. The lowest BCUT2D eigenvalue weighted by Crippen LogP contribution is -2.34. The first kappa shape index (κ1) is 14.9. The molecule has 0 unspecified atom stereocenters. The van der Waals surface area contributed by atoms with Crippen molar-refractivity contribution in [3.05, 3.63) is 35.1 Å². The van der Waals surface area contributed by atoms with E-state index in [-0.39, 0.29) is 11.4 Å². The number of benzene rings is 1. The first-order valence-electron chi connectivity index (χ1n) is 6.97. The molecule has 0 spiro atoms. The number of carbonyl (C=O) groups is 1. The average Bonchev–Trinajstić information content (AvgIpc) is 2.43. The highest BCUT2D eigenvalue weighted by molar-refractivity contribution is 5.87. The molecular weight excluding hydrogens is 259 g/mol. The van der Waals surface area contributed by atoms with Crippen LogP contribution in [0.2, 0.25) is 0 Å². The van der Waals surface area contributed by atoms with Gasteiger partial charge in [-0.2, -0.15) is 0 Å². The van der Waals surface area contributed by atoms with E-state index in [1.54, 1.807) is 0 Å². The molecule has 5 heteroatoms. The second-order valence-corrected chi connectivity index (χ2v) is 5.49. The smallest absolute Gasteiger partial charge is 0.335 e. The van der Waals surface area contributed by atoms with Gasteiger partial charge in [-0.05, 0) is 63.6 Å². The maximum absolute atomic E-state index is 13.6. The van der Waals surface area contributed by atoms with Crippen molar-refractivity contribution in [1.29, 1.82) is 0 Å². The Balaban J connectivity index is 1.84. The summed E-state index contributed by atoms with van der Waals surface area (Å²) >= 11 is 0. The molecule has 1 aromatic rings. The number of carboxylic acid groups (broad SMARTS) is 1. The zero-order valence-corrected chi connectivity index (χ0v) is 11.7. The molecule has 1 heterocycles. The fraction of sp³-hybridized carbons (Fsp3) is 0.533. The molecule has 1 fully saturated rings. The van der Waals surface area contributed by atoms with Crippen LogP contribution in [0.15, 0.2) is 18.2 Å². The molecule has 1 saturated heterocycles. The first-order valence-corrected chi connectivity index (χ1v) is 6.97. The highest BCUT2D eigenvalue weighted by atomic mass is 19.1. The summed E-state index contributed by atoms with van der Waals surface area (Å²) in [6.45, 7) is 3.44.